The number of rotatable bonds is 6. The number of esters is 1. The van der Waals surface area contributed by atoms with Gasteiger partial charge in [0.25, 0.3) is 5.56 Å². The molecule has 0 bridgehead atoms. The van der Waals surface area contributed by atoms with Gasteiger partial charge in [-0.3, -0.25) is 18.7 Å². The lowest BCUT2D eigenvalue weighted by molar-refractivity contribution is -0.145. The quantitative estimate of drug-likeness (QED) is 0.371. The van der Waals surface area contributed by atoms with Crippen molar-refractivity contribution in [2.24, 2.45) is 12.8 Å². The smallest absolute Gasteiger partial charge is 0.333 e. The molecule has 1 aliphatic heterocycles. The van der Waals surface area contributed by atoms with Gasteiger partial charge in [-0.2, -0.15) is 4.98 Å². The molecule has 2 N–H and O–H groups in total. The van der Waals surface area contributed by atoms with E-state index in [9.17, 15) is 14.4 Å². The lowest BCUT2D eigenvalue weighted by atomic mass is 10.1. The summed E-state index contributed by atoms with van der Waals surface area (Å²) in [5.74, 6) is 5.60. The highest BCUT2D eigenvalue weighted by Crippen LogP contribution is 2.22. The third-order valence-electron chi connectivity index (χ3n) is 5.67. The van der Waals surface area contributed by atoms with E-state index in [1.165, 1.54) is 30.3 Å². The zero-order valence-electron chi connectivity index (χ0n) is 19.1. The van der Waals surface area contributed by atoms with Gasteiger partial charge in [-0.1, -0.05) is 5.92 Å². The number of anilines is 1. The number of hydrogen-bond donors (Lipinski definition) is 1. The maximum atomic E-state index is 13.4. The number of aryl methyl sites for hydroxylation is 1. The second kappa shape index (κ2) is 9.88. The van der Waals surface area contributed by atoms with Gasteiger partial charge in [-0.05, 0) is 19.8 Å². The zero-order chi connectivity index (χ0) is 24.2. The number of ether oxygens (including phenoxy) is 1. The van der Waals surface area contributed by atoms with Crippen LogP contribution in [0.5, 0.6) is 0 Å². The minimum atomic E-state index is -0.732. The fraction of sp³-hybridized carbons (Fsp3) is 0.455. The molecule has 4 heterocycles. The van der Waals surface area contributed by atoms with Crippen molar-refractivity contribution in [2.75, 3.05) is 18.0 Å². The van der Waals surface area contributed by atoms with Crippen LogP contribution in [0.3, 0.4) is 0 Å². The summed E-state index contributed by atoms with van der Waals surface area (Å²) in [4.78, 5) is 53.2. The first kappa shape index (κ1) is 23.2. The molecule has 12 heteroatoms. The summed E-state index contributed by atoms with van der Waals surface area (Å²) in [6.07, 6.45) is 6.19. The van der Waals surface area contributed by atoms with Gasteiger partial charge in [-0.25, -0.2) is 19.3 Å². The van der Waals surface area contributed by atoms with E-state index in [0.717, 1.165) is 24.0 Å². The van der Waals surface area contributed by atoms with Crippen LogP contribution < -0.4 is 21.9 Å². The Kier molecular flexibility index (Phi) is 6.74. The van der Waals surface area contributed by atoms with Gasteiger partial charge in [0.1, 0.15) is 19.5 Å². The number of carbonyl (C=O) groups is 1. The van der Waals surface area contributed by atoms with E-state index < -0.39 is 23.8 Å². The molecule has 1 fully saturated rings. The van der Waals surface area contributed by atoms with Crippen LogP contribution >= 0.6 is 0 Å². The largest absolute Gasteiger partial charge is 0.459 e. The predicted octanol–water partition coefficient (Wildman–Crippen LogP) is -0.619. The minimum Gasteiger partial charge on any atom is -0.459 e. The van der Waals surface area contributed by atoms with Crippen LogP contribution in [0.1, 0.15) is 25.3 Å². The average Bonchev–Trinajstić information content (AvgIpc) is 3.23. The second-order valence-electron chi connectivity index (χ2n) is 8.09. The van der Waals surface area contributed by atoms with Crippen LogP contribution in [0, 0.1) is 11.8 Å². The zero-order valence-corrected chi connectivity index (χ0v) is 19.1. The Morgan fingerprint density at radius 1 is 1.26 bits per heavy atom. The van der Waals surface area contributed by atoms with Crippen molar-refractivity contribution >= 4 is 23.1 Å². The van der Waals surface area contributed by atoms with Crippen molar-refractivity contribution in [3.63, 3.8) is 0 Å². The minimum absolute atomic E-state index is 0.00969. The van der Waals surface area contributed by atoms with E-state index in [-0.39, 0.29) is 30.4 Å². The second-order valence-corrected chi connectivity index (χ2v) is 8.09. The van der Waals surface area contributed by atoms with E-state index in [2.05, 4.69) is 26.8 Å². The highest BCUT2D eigenvalue weighted by molar-refractivity contribution is 5.76. The maximum Gasteiger partial charge on any atom is 0.333 e. The van der Waals surface area contributed by atoms with Gasteiger partial charge in [0.2, 0.25) is 5.95 Å². The Bertz CT molecular complexity index is 1380. The van der Waals surface area contributed by atoms with Gasteiger partial charge in [0, 0.05) is 44.1 Å². The Labute approximate surface area is 195 Å². The molecular weight excluding hydrogens is 440 g/mol. The van der Waals surface area contributed by atoms with E-state index in [0.29, 0.717) is 18.1 Å². The van der Waals surface area contributed by atoms with Gasteiger partial charge < -0.3 is 15.4 Å². The number of fused-ring (bicyclic) bond motifs is 1. The number of carbonyl (C=O) groups excluding carboxylic acids is 1. The van der Waals surface area contributed by atoms with E-state index in [1.807, 2.05) is 4.90 Å². The summed E-state index contributed by atoms with van der Waals surface area (Å²) in [7, 11) is 1.52. The number of piperidine rings is 1. The molecule has 0 aromatic carbocycles. The molecule has 4 rings (SSSR count). The topological polar surface area (TPSA) is 143 Å². The third kappa shape index (κ3) is 4.55. The van der Waals surface area contributed by atoms with Crippen LogP contribution in [-0.4, -0.2) is 53.8 Å². The molecule has 0 aliphatic carbocycles. The highest BCUT2D eigenvalue weighted by Gasteiger charge is 2.26. The van der Waals surface area contributed by atoms with Gasteiger partial charge in [0.05, 0.1) is 6.54 Å². The van der Waals surface area contributed by atoms with Crippen LogP contribution in [0.15, 0.2) is 28.3 Å². The molecule has 1 atom stereocenters. The number of imidazole rings is 1. The fourth-order valence-corrected chi connectivity index (χ4v) is 3.98. The van der Waals surface area contributed by atoms with E-state index in [1.54, 1.807) is 11.5 Å². The molecule has 0 spiro atoms. The van der Waals surface area contributed by atoms with Crippen molar-refractivity contribution < 1.29 is 9.53 Å². The first-order valence-electron chi connectivity index (χ1n) is 10.9. The third-order valence-corrected chi connectivity index (χ3v) is 5.67. The number of hydrogen-bond acceptors (Lipinski definition) is 9. The summed E-state index contributed by atoms with van der Waals surface area (Å²) in [6.45, 7) is 2.62. The van der Waals surface area contributed by atoms with Gasteiger partial charge in [-0.15, -0.1) is 5.92 Å². The molecule has 1 saturated heterocycles. The molecule has 0 saturated carbocycles. The van der Waals surface area contributed by atoms with Gasteiger partial charge >= 0.3 is 11.7 Å². The fourth-order valence-electron chi connectivity index (χ4n) is 3.98. The van der Waals surface area contributed by atoms with Crippen molar-refractivity contribution in [1.29, 1.82) is 0 Å². The standard InChI is InChI=1S/C22H26N8O4/c1-3-4-8-29-18-19(26-21(29)28-7-5-6-16(23)11-28)27(2)22(33)30(20(18)32)12-17(31)34-13-15-9-24-14-25-10-15/h9-10,14,16H,5-8,11-13,23H2,1-2H3. The normalized spacial score (nSPS) is 15.7. The summed E-state index contributed by atoms with van der Waals surface area (Å²) in [5, 5.41) is 0. The van der Waals surface area contributed by atoms with Crippen molar-refractivity contribution in [2.45, 2.75) is 45.5 Å². The number of nitrogens with zero attached hydrogens (tertiary/aromatic N) is 7. The lowest BCUT2D eigenvalue weighted by Crippen LogP contribution is -2.44. The molecular formula is C22H26N8O4. The predicted molar refractivity (Wildman–Crippen MR) is 124 cm³/mol. The molecule has 1 aliphatic rings. The molecule has 3 aromatic heterocycles. The molecule has 34 heavy (non-hydrogen) atoms. The Hall–Kier alpha value is -3.98. The van der Waals surface area contributed by atoms with Gasteiger partial charge in [0.15, 0.2) is 11.2 Å². The van der Waals surface area contributed by atoms with Crippen LogP contribution in [-0.2, 0) is 36.3 Å². The molecule has 178 valence electrons. The lowest BCUT2D eigenvalue weighted by Gasteiger charge is -2.31. The number of aromatic nitrogens is 6. The first-order chi connectivity index (χ1) is 16.4. The monoisotopic (exact) mass is 466 g/mol. The molecule has 3 aromatic rings. The first-order valence-corrected chi connectivity index (χ1v) is 10.9. The molecule has 0 amide bonds. The van der Waals surface area contributed by atoms with Crippen LogP contribution in [0.2, 0.25) is 0 Å². The molecule has 1 unspecified atom stereocenters. The average molecular weight is 467 g/mol. The molecule has 0 radical (unpaired) electrons. The van der Waals surface area contributed by atoms with Crippen LogP contribution in [0.4, 0.5) is 5.95 Å². The Morgan fingerprint density at radius 2 is 2.03 bits per heavy atom. The van der Waals surface area contributed by atoms with Crippen LogP contribution in [0.25, 0.3) is 11.2 Å². The summed E-state index contributed by atoms with van der Waals surface area (Å²) in [6, 6.07) is -0.00969. The SMILES string of the molecule is CC#CCn1c(N2CCCC(N)C2)nc2c1c(=O)n(CC(=O)OCc1cncnc1)c(=O)n2C. The van der Waals surface area contributed by atoms with Crippen molar-refractivity contribution in [3.05, 3.63) is 45.1 Å². The highest BCUT2D eigenvalue weighted by atomic mass is 16.5. The Morgan fingerprint density at radius 3 is 2.74 bits per heavy atom. The van der Waals surface area contributed by atoms with E-state index in [4.69, 9.17) is 10.5 Å². The summed E-state index contributed by atoms with van der Waals surface area (Å²) >= 11 is 0. The maximum absolute atomic E-state index is 13.4. The van der Waals surface area contributed by atoms with Crippen molar-refractivity contribution in [1.82, 2.24) is 28.7 Å². The summed E-state index contributed by atoms with van der Waals surface area (Å²) < 4.78 is 9.02. The number of nitrogens with two attached hydrogens (primary N) is 1. The van der Waals surface area contributed by atoms with Crippen molar-refractivity contribution in [3.8, 4) is 11.8 Å². The molecule has 12 nitrogen and oxygen atoms in total. The Balaban J connectivity index is 1.73. The van der Waals surface area contributed by atoms with E-state index >= 15 is 0 Å². The summed E-state index contributed by atoms with van der Waals surface area (Å²) in [5.41, 5.74) is 5.88.